The summed E-state index contributed by atoms with van der Waals surface area (Å²) in [5, 5.41) is 0. The Balaban J connectivity index is 1.21. The van der Waals surface area contributed by atoms with Crippen LogP contribution >= 0.6 is 0 Å². The summed E-state index contributed by atoms with van der Waals surface area (Å²) in [6.45, 7) is 30.5. The summed E-state index contributed by atoms with van der Waals surface area (Å²) in [4.78, 5) is 5.99. The molecule has 0 bridgehead atoms. The molecule has 358 valence electrons. The van der Waals surface area contributed by atoms with Crippen LogP contribution in [0.2, 0.25) is 30.0 Å². The molecule has 3 aromatic carbocycles. The van der Waals surface area contributed by atoms with Crippen molar-refractivity contribution >= 4 is 37.1 Å². The lowest BCUT2D eigenvalue weighted by Crippen LogP contribution is -2.67. The van der Waals surface area contributed by atoms with Gasteiger partial charge in [0.2, 0.25) is 6.71 Å². The van der Waals surface area contributed by atoms with Crippen molar-refractivity contribution in [3.63, 3.8) is 0 Å². The highest BCUT2D eigenvalue weighted by Crippen LogP contribution is 2.57. The van der Waals surface area contributed by atoms with E-state index < -0.39 is 8.07 Å². The van der Waals surface area contributed by atoms with Crippen LogP contribution in [0.1, 0.15) is 163 Å². The van der Waals surface area contributed by atoms with Crippen LogP contribution in [0.5, 0.6) is 0 Å². The molecule has 2 aliphatic heterocycles. The van der Waals surface area contributed by atoms with Gasteiger partial charge >= 0.3 is 0 Å². The van der Waals surface area contributed by atoms with Crippen LogP contribution < -0.4 is 20.7 Å². The number of benzene rings is 3. The molecule has 10 rings (SSSR count). The highest BCUT2D eigenvalue weighted by Gasteiger charge is 2.57. The molecule has 0 saturated heterocycles. The topological polar surface area (TPSA) is 6.48 Å². The minimum Gasteiger partial charge on any atom is -0.343 e. The molecule has 6 unspecified atom stereocenters. The van der Waals surface area contributed by atoms with E-state index in [0.29, 0.717) is 36.1 Å². The maximum atomic E-state index is 3.01. The summed E-state index contributed by atoms with van der Waals surface area (Å²) in [5.74, 6) is 0.908. The van der Waals surface area contributed by atoms with Crippen LogP contribution in [-0.4, -0.2) is 26.9 Å². The standard InChI is InChI=1S/C64H85BN2Si/c1-61(2,3)47-27-22-28-51(39-47)67-57-41-48(62(4,5)6)33-37-54(57)65-55-40-49(64(9,10)45-25-18-14-19-26-45)34-38-56(55)66(50-35-31-46(32-36-50)63(7,8)44-23-16-13-17-24-44)58-42-53(43-59(67)60(58)65)68(11,12)52-29-20-15-21-30-52/h13,15-18,20,23-25,28,31,33-34,37-42,45,50,52-53,59-60H,14,19,21-22,26-27,29-30,32,35-36,43H2,1-12H3. The zero-order valence-electron chi connectivity index (χ0n) is 44.4. The first kappa shape index (κ1) is 47.6. The molecule has 7 aliphatic rings. The van der Waals surface area contributed by atoms with E-state index in [2.05, 4.69) is 207 Å². The minimum atomic E-state index is -1.82. The van der Waals surface area contributed by atoms with Crippen LogP contribution in [0, 0.1) is 11.3 Å². The Morgan fingerprint density at radius 1 is 0.632 bits per heavy atom. The quantitative estimate of drug-likeness (QED) is 0.164. The monoisotopic (exact) mass is 921 g/mol. The van der Waals surface area contributed by atoms with Gasteiger partial charge in [0, 0.05) is 46.1 Å². The number of anilines is 2. The van der Waals surface area contributed by atoms with E-state index in [1.807, 2.05) is 0 Å². The minimum absolute atomic E-state index is 0.0161. The highest BCUT2D eigenvalue weighted by atomic mass is 28.3. The average molecular weight is 921 g/mol. The molecule has 5 aliphatic carbocycles. The van der Waals surface area contributed by atoms with Crippen LogP contribution in [-0.2, 0) is 16.2 Å². The molecule has 3 aromatic rings. The molecular weight excluding hydrogens is 836 g/mol. The summed E-state index contributed by atoms with van der Waals surface area (Å²) in [5.41, 5.74) is 18.5. The Hall–Kier alpha value is -4.02. The Labute approximate surface area is 415 Å². The van der Waals surface area contributed by atoms with E-state index in [1.54, 1.807) is 27.8 Å². The average Bonchev–Trinajstić information content (AvgIpc) is 3.33. The second kappa shape index (κ2) is 17.7. The lowest BCUT2D eigenvalue weighted by atomic mass is 9.28. The van der Waals surface area contributed by atoms with Crippen LogP contribution in [0.15, 0.2) is 138 Å². The fourth-order valence-electron chi connectivity index (χ4n) is 14.4. The maximum Gasteiger partial charge on any atom is 0.225 e. The molecule has 0 N–H and O–H groups in total. The second-order valence-corrected chi connectivity index (χ2v) is 31.5. The zero-order valence-corrected chi connectivity index (χ0v) is 45.4. The molecule has 2 heterocycles. The first-order valence-corrected chi connectivity index (χ1v) is 30.5. The van der Waals surface area contributed by atoms with Gasteiger partial charge < -0.3 is 9.80 Å². The molecule has 4 heteroatoms. The van der Waals surface area contributed by atoms with Crippen molar-refractivity contribution in [3.8, 4) is 0 Å². The molecule has 2 nitrogen and oxygen atoms in total. The summed E-state index contributed by atoms with van der Waals surface area (Å²) >= 11 is 0. The normalized spacial score (nSPS) is 26.6. The van der Waals surface area contributed by atoms with Crippen molar-refractivity contribution in [3.05, 3.63) is 155 Å². The van der Waals surface area contributed by atoms with Crippen LogP contribution in [0.4, 0.5) is 11.4 Å². The molecule has 6 atom stereocenters. The molecule has 0 amide bonds. The lowest BCUT2D eigenvalue weighted by Gasteiger charge is -2.59. The van der Waals surface area contributed by atoms with Crippen LogP contribution in [0.3, 0.4) is 0 Å². The van der Waals surface area contributed by atoms with Crippen molar-refractivity contribution < 1.29 is 0 Å². The summed E-state index contributed by atoms with van der Waals surface area (Å²) in [7, 11) is -1.82. The first-order chi connectivity index (χ1) is 32.3. The molecule has 0 spiro atoms. The number of rotatable bonds is 8. The van der Waals surface area contributed by atoms with Crippen molar-refractivity contribution in [2.45, 2.75) is 205 Å². The van der Waals surface area contributed by atoms with Gasteiger partial charge in [0.1, 0.15) is 0 Å². The van der Waals surface area contributed by atoms with Gasteiger partial charge in [0.05, 0.1) is 8.07 Å². The third-order valence-corrected chi connectivity index (χ3v) is 24.2. The Morgan fingerprint density at radius 3 is 2.09 bits per heavy atom. The largest absolute Gasteiger partial charge is 0.343 e. The lowest BCUT2D eigenvalue weighted by molar-refractivity contribution is 0.345. The fourth-order valence-corrected chi connectivity index (χ4v) is 18.1. The second-order valence-electron chi connectivity index (χ2n) is 26.3. The summed E-state index contributed by atoms with van der Waals surface area (Å²) in [6, 6.07) is 27.8. The van der Waals surface area contributed by atoms with E-state index in [9.17, 15) is 0 Å². The Morgan fingerprint density at radius 2 is 1.41 bits per heavy atom. The fraction of sp³-hybridized carbons (Fsp3) is 0.531. The Kier molecular flexibility index (Phi) is 12.4. The van der Waals surface area contributed by atoms with Crippen LogP contribution in [0.25, 0.3) is 0 Å². The van der Waals surface area contributed by atoms with Gasteiger partial charge in [-0.1, -0.05) is 196 Å². The maximum absolute atomic E-state index is 3.01. The predicted molar refractivity (Wildman–Crippen MR) is 299 cm³/mol. The zero-order chi connectivity index (χ0) is 48.0. The third kappa shape index (κ3) is 8.37. The highest BCUT2D eigenvalue weighted by molar-refractivity contribution is 6.90. The first-order valence-electron chi connectivity index (χ1n) is 27.3. The third-order valence-electron chi connectivity index (χ3n) is 19.3. The van der Waals surface area contributed by atoms with Crippen molar-refractivity contribution in [1.29, 1.82) is 0 Å². The number of nitrogens with zero attached hydrogens (tertiary/aromatic N) is 2. The predicted octanol–water partition coefficient (Wildman–Crippen LogP) is 16.2. The van der Waals surface area contributed by atoms with E-state index >= 15 is 0 Å². The van der Waals surface area contributed by atoms with Gasteiger partial charge in [-0.05, 0) is 151 Å². The number of hydrogen-bond acceptors (Lipinski definition) is 2. The summed E-state index contributed by atoms with van der Waals surface area (Å²) in [6.07, 6.45) is 35.5. The van der Waals surface area contributed by atoms with E-state index in [4.69, 9.17) is 0 Å². The van der Waals surface area contributed by atoms with Gasteiger partial charge in [-0.25, -0.2) is 0 Å². The number of fused-ring (bicyclic) bond motifs is 4. The van der Waals surface area contributed by atoms with Gasteiger partial charge in [-0.15, -0.1) is 0 Å². The Bertz CT molecular complexity index is 2580. The number of hydrogen-bond donors (Lipinski definition) is 0. The SMILES string of the molecule is CC(C)(C)C1=CC(N2c3cc(C(C)(C)C)ccc3B3c4cc(C(C)(C)C5C=CCCC5)ccc4N(C4CC=C(C(C)(C)c5ccccc5)CC4)C4=CC([Si](C)(C)C5CC=CCC5)CC2C34)=CCC1. The molecule has 0 aromatic heterocycles. The van der Waals surface area contributed by atoms with Crippen molar-refractivity contribution in [2.75, 3.05) is 9.80 Å². The van der Waals surface area contributed by atoms with Crippen molar-refractivity contribution in [1.82, 2.24) is 0 Å². The molecular formula is C64H85BN2Si. The van der Waals surface area contributed by atoms with Gasteiger partial charge in [-0.3, -0.25) is 0 Å². The van der Waals surface area contributed by atoms with E-state index in [1.165, 1.54) is 85.1 Å². The smallest absolute Gasteiger partial charge is 0.225 e. The molecule has 0 radical (unpaired) electrons. The summed E-state index contributed by atoms with van der Waals surface area (Å²) < 4.78 is 0. The van der Waals surface area contributed by atoms with E-state index in [-0.39, 0.29) is 21.7 Å². The molecule has 0 saturated carbocycles. The van der Waals surface area contributed by atoms with E-state index in [0.717, 1.165) is 31.2 Å². The van der Waals surface area contributed by atoms with Gasteiger partial charge in [0.25, 0.3) is 0 Å². The molecule has 0 fully saturated rings. The van der Waals surface area contributed by atoms with Gasteiger partial charge in [-0.2, -0.15) is 0 Å². The number of allylic oxidation sites excluding steroid dienone is 9. The van der Waals surface area contributed by atoms with Gasteiger partial charge in [0.15, 0.2) is 0 Å². The molecule has 68 heavy (non-hydrogen) atoms. The van der Waals surface area contributed by atoms with Crippen molar-refractivity contribution in [2.24, 2.45) is 11.3 Å².